The molecular weight excluding hydrogens is 128 g/mol. The molecule has 0 heterocycles. The van der Waals surface area contributed by atoms with Crippen molar-refractivity contribution in [1.29, 1.82) is 0 Å². The molecule has 0 radical (unpaired) electrons. The second-order valence-corrected chi connectivity index (χ2v) is 2.46. The van der Waals surface area contributed by atoms with Gasteiger partial charge in [0.25, 0.3) is 0 Å². The van der Waals surface area contributed by atoms with E-state index in [1.165, 1.54) is 0 Å². The summed E-state index contributed by atoms with van der Waals surface area (Å²) in [7, 11) is 0. The third-order valence-corrected chi connectivity index (χ3v) is 0.947. The molecule has 2 heteroatoms. The van der Waals surface area contributed by atoms with Crippen molar-refractivity contribution in [3.05, 3.63) is 12.2 Å². The first-order valence-electron chi connectivity index (χ1n) is 3.34. The Labute approximate surface area is 61.9 Å². The van der Waals surface area contributed by atoms with E-state index in [9.17, 15) is 4.79 Å². The summed E-state index contributed by atoms with van der Waals surface area (Å²) in [6, 6.07) is 0. The molecule has 2 nitrogen and oxygen atoms in total. The van der Waals surface area contributed by atoms with E-state index >= 15 is 0 Å². The molecule has 10 heavy (non-hydrogen) atoms. The molecule has 0 aliphatic rings. The zero-order valence-electron chi connectivity index (χ0n) is 6.64. The predicted octanol–water partition coefficient (Wildman–Crippen LogP) is 1.56. The standard InChI is InChI=1S/C8H14O2/c1-7(2)6-10-5-4-8(3)9/h1,4-6H2,2-3H3. The minimum Gasteiger partial charge on any atom is -0.377 e. The minimum absolute atomic E-state index is 0.168. The van der Waals surface area contributed by atoms with E-state index in [4.69, 9.17) is 4.74 Å². The number of hydrogen-bond acceptors (Lipinski definition) is 2. The van der Waals surface area contributed by atoms with Crippen LogP contribution in [0, 0.1) is 0 Å². The monoisotopic (exact) mass is 142 g/mol. The lowest BCUT2D eigenvalue weighted by atomic mass is 10.3. The summed E-state index contributed by atoms with van der Waals surface area (Å²) in [6.07, 6.45) is 0.507. The van der Waals surface area contributed by atoms with Gasteiger partial charge in [0.15, 0.2) is 0 Å². The normalized spacial score (nSPS) is 9.40. The van der Waals surface area contributed by atoms with Gasteiger partial charge >= 0.3 is 0 Å². The first-order valence-corrected chi connectivity index (χ1v) is 3.34. The first-order chi connectivity index (χ1) is 4.63. The molecule has 0 atom stereocenters. The number of ether oxygens (including phenoxy) is 1. The van der Waals surface area contributed by atoms with E-state index < -0.39 is 0 Å². The van der Waals surface area contributed by atoms with Crippen molar-refractivity contribution in [3.63, 3.8) is 0 Å². The Bertz CT molecular complexity index is 111. The van der Waals surface area contributed by atoms with Gasteiger partial charge in [0.2, 0.25) is 0 Å². The topological polar surface area (TPSA) is 26.3 Å². The summed E-state index contributed by atoms with van der Waals surface area (Å²) in [5.41, 5.74) is 0.989. The fraction of sp³-hybridized carbons (Fsp3) is 0.625. The second-order valence-electron chi connectivity index (χ2n) is 2.46. The molecule has 0 fully saturated rings. The SMILES string of the molecule is C=C(C)COCCC(C)=O. The molecule has 0 aromatic heterocycles. The van der Waals surface area contributed by atoms with Crippen molar-refractivity contribution in [2.45, 2.75) is 20.3 Å². The molecule has 0 bridgehead atoms. The summed E-state index contributed by atoms with van der Waals surface area (Å²) in [5.74, 6) is 0.168. The quantitative estimate of drug-likeness (QED) is 0.430. The maximum absolute atomic E-state index is 10.4. The van der Waals surface area contributed by atoms with E-state index in [1.54, 1.807) is 6.92 Å². The molecule has 0 aliphatic heterocycles. The highest BCUT2D eigenvalue weighted by molar-refractivity contribution is 5.75. The molecule has 0 rings (SSSR count). The van der Waals surface area contributed by atoms with Crippen LogP contribution >= 0.6 is 0 Å². The Kier molecular flexibility index (Phi) is 4.85. The van der Waals surface area contributed by atoms with Crippen LogP contribution in [0.25, 0.3) is 0 Å². The van der Waals surface area contributed by atoms with E-state index in [2.05, 4.69) is 6.58 Å². The average molecular weight is 142 g/mol. The van der Waals surface area contributed by atoms with Gasteiger partial charge in [-0.25, -0.2) is 0 Å². The van der Waals surface area contributed by atoms with Crippen LogP contribution in [0.3, 0.4) is 0 Å². The number of ketones is 1. The van der Waals surface area contributed by atoms with Crippen LogP contribution in [0.1, 0.15) is 20.3 Å². The second kappa shape index (κ2) is 5.18. The fourth-order valence-corrected chi connectivity index (χ4v) is 0.462. The smallest absolute Gasteiger partial charge is 0.132 e. The highest BCUT2D eigenvalue weighted by Gasteiger charge is 1.92. The maximum Gasteiger partial charge on any atom is 0.132 e. The number of carbonyl (C=O) groups excluding carboxylic acids is 1. The van der Waals surface area contributed by atoms with Crippen LogP contribution < -0.4 is 0 Å². The molecule has 0 unspecified atom stereocenters. The average Bonchev–Trinajstić information content (AvgIpc) is 1.79. The van der Waals surface area contributed by atoms with Crippen LogP contribution in [0.2, 0.25) is 0 Å². The lowest BCUT2D eigenvalue weighted by Crippen LogP contribution is -2.01. The largest absolute Gasteiger partial charge is 0.377 e. The predicted molar refractivity (Wildman–Crippen MR) is 40.9 cm³/mol. The van der Waals surface area contributed by atoms with Crippen molar-refractivity contribution in [2.75, 3.05) is 13.2 Å². The van der Waals surface area contributed by atoms with Gasteiger partial charge in [-0.1, -0.05) is 12.2 Å². The molecular formula is C8H14O2. The summed E-state index contributed by atoms with van der Waals surface area (Å²) in [4.78, 5) is 10.4. The van der Waals surface area contributed by atoms with Crippen molar-refractivity contribution in [1.82, 2.24) is 0 Å². The van der Waals surface area contributed by atoms with Crippen molar-refractivity contribution < 1.29 is 9.53 Å². The van der Waals surface area contributed by atoms with Gasteiger partial charge in [-0.2, -0.15) is 0 Å². The van der Waals surface area contributed by atoms with Gasteiger partial charge in [-0.15, -0.1) is 0 Å². The van der Waals surface area contributed by atoms with E-state index in [0.29, 0.717) is 19.6 Å². The number of hydrogen-bond donors (Lipinski definition) is 0. The Morgan fingerprint density at radius 2 is 2.10 bits per heavy atom. The lowest BCUT2D eigenvalue weighted by molar-refractivity contribution is -0.117. The summed E-state index contributed by atoms with van der Waals surface area (Å²) in [5, 5.41) is 0. The van der Waals surface area contributed by atoms with Crippen LogP contribution in [-0.4, -0.2) is 19.0 Å². The molecule has 0 saturated heterocycles. The molecule has 0 aliphatic carbocycles. The number of carbonyl (C=O) groups is 1. The Balaban J connectivity index is 3.06. The Morgan fingerprint density at radius 3 is 2.50 bits per heavy atom. The fourth-order valence-electron chi connectivity index (χ4n) is 0.462. The highest BCUT2D eigenvalue weighted by Crippen LogP contribution is 1.90. The van der Waals surface area contributed by atoms with Gasteiger partial charge in [0.1, 0.15) is 5.78 Å². The van der Waals surface area contributed by atoms with E-state index in [0.717, 1.165) is 5.57 Å². The molecule has 0 aromatic carbocycles. The summed E-state index contributed by atoms with van der Waals surface area (Å²) in [6.45, 7) is 8.20. The van der Waals surface area contributed by atoms with Crippen LogP contribution in [0.5, 0.6) is 0 Å². The van der Waals surface area contributed by atoms with Crippen LogP contribution in [-0.2, 0) is 9.53 Å². The Morgan fingerprint density at radius 1 is 1.50 bits per heavy atom. The first kappa shape index (κ1) is 9.37. The Hall–Kier alpha value is -0.630. The molecule has 0 N–H and O–H groups in total. The van der Waals surface area contributed by atoms with Gasteiger partial charge in [0, 0.05) is 6.42 Å². The summed E-state index contributed by atoms with van der Waals surface area (Å²) >= 11 is 0. The van der Waals surface area contributed by atoms with Crippen molar-refractivity contribution in [3.8, 4) is 0 Å². The molecule has 0 spiro atoms. The highest BCUT2D eigenvalue weighted by atomic mass is 16.5. The molecule has 58 valence electrons. The third-order valence-electron chi connectivity index (χ3n) is 0.947. The van der Waals surface area contributed by atoms with Gasteiger partial charge in [-0.3, -0.25) is 4.79 Å². The molecule has 0 aromatic rings. The maximum atomic E-state index is 10.4. The third kappa shape index (κ3) is 7.37. The van der Waals surface area contributed by atoms with E-state index in [-0.39, 0.29) is 5.78 Å². The van der Waals surface area contributed by atoms with E-state index in [1.807, 2.05) is 6.92 Å². The van der Waals surface area contributed by atoms with Gasteiger partial charge in [-0.05, 0) is 13.8 Å². The molecule has 0 saturated carbocycles. The number of rotatable bonds is 5. The van der Waals surface area contributed by atoms with Gasteiger partial charge in [0.05, 0.1) is 13.2 Å². The molecule has 0 amide bonds. The zero-order chi connectivity index (χ0) is 7.98. The number of Topliss-reactive ketones (excluding diaryl/α,β-unsaturated/α-hetero) is 1. The van der Waals surface area contributed by atoms with Gasteiger partial charge < -0.3 is 4.74 Å². The van der Waals surface area contributed by atoms with Crippen molar-refractivity contribution >= 4 is 5.78 Å². The van der Waals surface area contributed by atoms with Crippen LogP contribution in [0.4, 0.5) is 0 Å². The lowest BCUT2D eigenvalue weighted by Gasteiger charge is -2.00. The summed E-state index contributed by atoms with van der Waals surface area (Å²) < 4.78 is 5.09. The van der Waals surface area contributed by atoms with Crippen LogP contribution in [0.15, 0.2) is 12.2 Å². The van der Waals surface area contributed by atoms with Crippen molar-refractivity contribution in [2.24, 2.45) is 0 Å². The zero-order valence-corrected chi connectivity index (χ0v) is 6.64. The minimum atomic E-state index is 0.168.